The summed E-state index contributed by atoms with van der Waals surface area (Å²) >= 11 is 0. The van der Waals surface area contributed by atoms with Crippen LogP contribution in [0.4, 0.5) is 5.69 Å². The molecule has 5 heteroatoms. The topological polar surface area (TPSA) is 60.3 Å². The lowest BCUT2D eigenvalue weighted by molar-refractivity contribution is -0.116. The number of fused-ring (bicyclic) bond motifs is 1. The van der Waals surface area contributed by atoms with Crippen molar-refractivity contribution in [1.29, 1.82) is 0 Å². The van der Waals surface area contributed by atoms with Gasteiger partial charge in [0.25, 0.3) is 5.56 Å². The summed E-state index contributed by atoms with van der Waals surface area (Å²) in [5.41, 5.74) is 1.59. The van der Waals surface area contributed by atoms with E-state index in [1.807, 2.05) is 57.2 Å². The Labute approximate surface area is 152 Å². The molecule has 1 amide bonds. The van der Waals surface area contributed by atoms with Gasteiger partial charge in [-0.2, -0.15) is 0 Å². The van der Waals surface area contributed by atoms with Gasteiger partial charge in [0.1, 0.15) is 12.3 Å². The first-order chi connectivity index (χ1) is 12.4. The molecule has 2 aromatic carbocycles. The number of nitrogens with one attached hydrogen (secondary N) is 1. The van der Waals surface area contributed by atoms with Gasteiger partial charge in [-0.3, -0.25) is 9.59 Å². The molecule has 0 spiro atoms. The SMILES string of the molecule is Cc1cccc(NC(=O)Cn2ccc3cc(OC(C)C)ccc3c2=O)c1. The van der Waals surface area contributed by atoms with Crippen LogP contribution < -0.4 is 15.6 Å². The largest absolute Gasteiger partial charge is 0.491 e. The molecule has 0 aliphatic rings. The lowest BCUT2D eigenvalue weighted by Gasteiger charge is -2.11. The molecule has 1 heterocycles. The Kier molecular flexibility index (Phi) is 5.07. The monoisotopic (exact) mass is 350 g/mol. The number of rotatable bonds is 5. The van der Waals surface area contributed by atoms with Crippen LogP contribution in [0.5, 0.6) is 5.75 Å². The molecule has 1 aromatic heterocycles. The minimum atomic E-state index is -0.239. The Morgan fingerprint density at radius 1 is 1.15 bits per heavy atom. The molecule has 0 bridgehead atoms. The molecule has 0 aliphatic carbocycles. The van der Waals surface area contributed by atoms with Gasteiger partial charge in [-0.05, 0) is 68.1 Å². The summed E-state index contributed by atoms with van der Waals surface area (Å²) in [6.45, 7) is 5.83. The number of nitrogens with zero attached hydrogens (tertiary/aromatic N) is 1. The molecule has 0 atom stereocenters. The standard InChI is InChI=1S/C21H22N2O3/c1-14(2)26-18-7-8-19-16(12-18)9-10-23(21(19)25)13-20(24)22-17-6-4-5-15(3)11-17/h4-12,14H,13H2,1-3H3,(H,22,24). The summed E-state index contributed by atoms with van der Waals surface area (Å²) < 4.78 is 7.07. The smallest absolute Gasteiger partial charge is 0.258 e. The summed E-state index contributed by atoms with van der Waals surface area (Å²) in [6, 6.07) is 14.7. The van der Waals surface area contributed by atoms with Gasteiger partial charge in [0.2, 0.25) is 5.91 Å². The predicted octanol–water partition coefficient (Wildman–Crippen LogP) is 3.74. The van der Waals surface area contributed by atoms with Crippen molar-refractivity contribution in [3.63, 3.8) is 0 Å². The van der Waals surface area contributed by atoms with Crippen LogP contribution in [0.15, 0.2) is 59.5 Å². The van der Waals surface area contributed by atoms with E-state index < -0.39 is 0 Å². The summed E-state index contributed by atoms with van der Waals surface area (Å²) in [6.07, 6.45) is 1.71. The molecule has 0 radical (unpaired) electrons. The van der Waals surface area contributed by atoms with Gasteiger partial charge < -0.3 is 14.6 Å². The van der Waals surface area contributed by atoms with Crippen LogP contribution in [0.25, 0.3) is 10.8 Å². The molecule has 1 N–H and O–H groups in total. The number of benzene rings is 2. The zero-order chi connectivity index (χ0) is 18.7. The van der Waals surface area contributed by atoms with Crippen LogP contribution in [0.1, 0.15) is 19.4 Å². The fourth-order valence-corrected chi connectivity index (χ4v) is 2.81. The van der Waals surface area contributed by atoms with Gasteiger partial charge in [-0.1, -0.05) is 12.1 Å². The van der Waals surface area contributed by atoms with Crippen molar-refractivity contribution in [2.24, 2.45) is 0 Å². The minimum Gasteiger partial charge on any atom is -0.491 e. The maximum absolute atomic E-state index is 12.6. The Hall–Kier alpha value is -3.08. The maximum atomic E-state index is 12.6. The second-order valence-electron chi connectivity index (χ2n) is 6.58. The van der Waals surface area contributed by atoms with Crippen molar-refractivity contribution >= 4 is 22.4 Å². The summed E-state index contributed by atoms with van der Waals surface area (Å²) in [5, 5.41) is 4.18. The fourth-order valence-electron chi connectivity index (χ4n) is 2.81. The highest BCUT2D eigenvalue weighted by Crippen LogP contribution is 2.19. The molecule has 3 aromatic rings. The number of aromatic nitrogens is 1. The van der Waals surface area contributed by atoms with Crippen molar-refractivity contribution < 1.29 is 9.53 Å². The predicted molar refractivity (Wildman–Crippen MR) is 104 cm³/mol. The van der Waals surface area contributed by atoms with Crippen LogP contribution in [0.2, 0.25) is 0 Å². The number of pyridine rings is 1. The lowest BCUT2D eigenvalue weighted by Crippen LogP contribution is -2.27. The summed E-state index contributed by atoms with van der Waals surface area (Å²) in [4.78, 5) is 24.9. The normalized spacial score (nSPS) is 10.9. The number of aryl methyl sites for hydroxylation is 1. The molecule has 134 valence electrons. The molecule has 26 heavy (non-hydrogen) atoms. The number of carbonyl (C=O) groups is 1. The lowest BCUT2D eigenvalue weighted by atomic mass is 10.1. The quantitative estimate of drug-likeness (QED) is 0.763. The molecule has 5 nitrogen and oxygen atoms in total. The Morgan fingerprint density at radius 2 is 1.96 bits per heavy atom. The second kappa shape index (κ2) is 7.44. The first kappa shape index (κ1) is 17.7. The van der Waals surface area contributed by atoms with Gasteiger partial charge in [0.05, 0.1) is 6.10 Å². The maximum Gasteiger partial charge on any atom is 0.258 e. The summed E-state index contributed by atoms with van der Waals surface area (Å²) in [5.74, 6) is 0.485. The molecule has 0 fully saturated rings. The van der Waals surface area contributed by atoms with E-state index in [0.29, 0.717) is 5.39 Å². The summed E-state index contributed by atoms with van der Waals surface area (Å²) in [7, 11) is 0. The number of hydrogen-bond donors (Lipinski definition) is 1. The minimum absolute atomic E-state index is 0.0348. The third-order valence-corrected chi connectivity index (χ3v) is 3.94. The Bertz CT molecular complexity index is 1010. The molecule has 0 unspecified atom stereocenters. The number of amides is 1. The van der Waals surface area contributed by atoms with Crippen LogP contribution in [0.3, 0.4) is 0 Å². The Balaban J connectivity index is 1.81. The van der Waals surface area contributed by atoms with Crippen molar-refractivity contribution in [3.8, 4) is 5.75 Å². The van der Waals surface area contributed by atoms with Crippen molar-refractivity contribution in [1.82, 2.24) is 4.57 Å². The van der Waals surface area contributed by atoms with Gasteiger partial charge in [-0.25, -0.2) is 0 Å². The number of hydrogen-bond acceptors (Lipinski definition) is 3. The van der Waals surface area contributed by atoms with Gasteiger partial charge in [0.15, 0.2) is 0 Å². The number of ether oxygens (including phenoxy) is 1. The van der Waals surface area contributed by atoms with Crippen molar-refractivity contribution in [2.75, 3.05) is 5.32 Å². The third-order valence-electron chi connectivity index (χ3n) is 3.94. The van der Waals surface area contributed by atoms with E-state index in [4.69, 9.17) is 4.74 Å². The highest BCUT2D eigenvalue weighted by molar-refractivity contribution is 5.91. The molecule has 3 rings (SSSR count). The van der Waals surface area contributed by atoms with E-state index in [2.05, 4.69) is 5.32 Å². The van der Waals surface area contributed by atoms with Crippen LogP contribution in [-0.4, -0.2) is 16.6 Å². The van der Waals surface area contributed by atoms with Crippen LogP contribution >= 0.6 is 0 Å². The van der Waals surface area contributed by atoms with E-state index in [1.165, 1.54) is 4.57 Å². The first-order valence-corrected chi connectivity index (χ1v) is 8.59. The molecular weight excluding hydrogens is 328 g/mol. The van der Waals surface area contributed by atoms with Gasteiger partial charge >= 0.3 is 0 Å². The third kappa shape index (κ3) is 4.11. The second-order valence-corrected chi connectivity index (χ2v) is 6.58. The molecule has 0 aliphatic heterocycles. The van der Waals surface area contributed by atoms with E-state index in [9.17, 15) is 9.59 Å². The van der Waals surface area contributed by atoms with Gasteiger partial charge in [-0.15, -0.1) is 0 Å². The van der Waals surface area contributed by atoms with Crippen molar-refractivity contribution in [2.45, 2.75) is 33.4 Å². The zero-order valence-electron chi connectivity index (χ0n) is 15.2. The Morgan fingerprint density at radius 3 is 2.69 bits per heavy atom. The highest BCUT2D eigenvalue weighted by Gasteiger charge is 2.09. The van der Waals surface area contributed by atoms with Gasteiger partial charge in [0, 0.05) is 17.3 Å². The van der Waals surface area contributed by atoms with E-state index in [0.717, 1.165) is 22.4 Å². The average molecular weight is 350 g/mol. The van der Waals surface area contributed by atoms with Crippen LogP contribution in [-0.2, 0) is 11.3 Å². The fraction of sp³-hybridized carbons (Fsp3) is 0.238. The van der Waals surface area contributed by atoms with E-state index >= 15 is 0 Å². The number of anilines is 1. The van der Waals surface area contributed by atoms with E-state index in [-0.39, 0.29) is 24.1 Å². The molecule has 0 saturated carbocycles. The zero-order valence-corrected chi connectivity index (χ0v) is 15.2. The van der Waals surface area contributed by atoms with Crippen molar-refractivity contribution in [3.05, 3.63) is 70.6 Å². The highest BCUT2D eigenvalue weighted by atomic mass is 16.5. The average Bonchev–Trinajstić information content (AvgIpc) is 2.57. The molecule has 0 saturated heterocycles. The number of carbonyl (C=O) groups excluding carboxylic acids is 1. The van der Waals surface area contributed by atoms with Crippen LogP contribution in [0, 0.1) is 6.92 Å². The van der Waals surface area contributed by atoms with E-state index in [1.54, 1.807) is 18.3 Å². The first-order valence-electron chi connectivity index (χ1n) is 8.59. The molecular formula is C21H22N2O3.